The zero-order valence-corrected chi connectivity index (χ0v) is 11.1. The number of halogens is 1. The van der Waals surface area contributed by atoms with E-state index in [2.05, 4.69) is 0 Å². The number of Topliss-reactive ketones (excluding diaryl/α,β-unsaturated/α-hetero) is 1. The Bertz CT molecular complexity index is 560. The Balaban J connectivity index is 2.47. The molecule has 0 N–H and O–H groups in total. The van der Waals surface area contributed by atoms with Gasteiger partial charge in [-0.3, -0.25) is 4.79 Å². The molecule has 0 fully saturated rings. The SMILES string of the molecule is COc1ccc(Cl)c(-c2ccc(C(C)=O)s2)c1. The van der Waals surface area contributed by atoms with Gasteiger partial charge in [0.25, 0.3) is 0 Å². The van der Waals surface area contributed by atoms with E-state index in [-0.39, 0.29) is 5.78 Å². The molecule has 17 heavy (non-hydrogen) atoms. The number of rotatable bonds is 3. The number of methoxy groups -OCH3 is 1. The van der Waals surface area contributed by atoms with Crippen molar-refractivity contribution in [2.45, 2.75) is 6.92 Å². The number of ether oxygens (including phenoxy) is 1. The maximum Gasteiger partial charge on any atom is 0.169 e. The van der Waals surface area contributed by atoms with Crippen LogP contribution < -0.4 is 4.74 Å². The van der Waals surface area contributed by atoms with Gasteiger partial charge in [-0.1, -0.05) is 11.6 Å². The summed E-state index contributed by atoms with van der Waals surface area (Å²) in [6.45, 7) is 1.56. The molecule has 0 unspecified atom stereocenters. The average molecular weight is 267 g/mol. The minimum atomic E-state index is 0.0697. The number of hydrogen-bond donors (Lipinski definition) is 0. The molecule has 0 amide bonds. The number of carbonyl (C=O) groups is 1. The Morgan fingerprint density at radius 2 is 2.06 bits per heavy atom. The first kappa shape index (κ1) is 12.1. The molecule has 0 spiro atoms. The minimum Gasteiger partial charge on any atom is -0.497 e. The van der Waals surface area contributed by atoms with Crippen molar-refractivity contribution >= 4 is 28.7 Å². The second-order valence-corrected chi connectivity index (χ2v) is 5.06. The maximum absolute atomic E-state index is 11.3. The van der Waals surface area contributed by atoms with Gasteiger partial charge in [-0.25, -0.2) is 0 Å². The van der Waals surface area contributed by atoms with Crippen LogP contribution in [-0.4, -0.2) is 12.9 Å². The second kappa shape index (κ2) is 4.90. The quantitative estimate of drug-likeness (QED) is 0.775. The lowest BCUT2D eigenvalue weighted by atomic mass is 10.2. The van der Waals surface area contributed by atoms with E-state index < -0.39 is 0 Å². The van der Waals surface area contributed by atoms with Gasteiger partial charge in [0.05, 0.1) is 12.0 Å². The van der Waals surface area contributed by atoms with Crippen LogP contribution in [0.25, 0.3) is 10.4 Å². The number of thiophene rings is 1. The van der Waals surface area contributed by atoms with Gasteiger partial charge in [-0.15, -0.1) is 11.3 Å². The Labute approximate surface area is 109 Å². The first-order chi connectivity index (χ1) is 8.11. The molecule has 0 bridgehead atoms. The van der Waals surface area contributed by atoms with Gasteiger partial charge in [0.1, 0.15) is 5.75 Å². The van der Waals surface area contributed by atoms with Crippen LogP contribution in [0.1, 0.15) is 16.6 Å². The summed E-state index contributed by atoms with van der Waals surface area (Å²) in [6, 6.07) is 9.20. The number of benzene rings is 1. The van der Waals surface area contributed by atoms with Crippen LogP contribution in [0.5, 0.6) is 5.75 Å². The molecule has 0 saturated carbocycles. The van der Waals surface area contributed by atoms with E-state index in [9.17, 15) is 4.79 Å². The third-order valence-electron chi connectivity index (χ3n) is 2.39. The molecule has 0 aliphatic heterocycles. The zero-order chi connectivity index (χ0) is 12.4. The molecule has 2 rings (SSSR count). The fourth-order valence-electron chi connectivity index (χ4n) is 1.49. The van der Waals surface area contributed by atoms with E-state index in [1.165, 1.54) is 11.3 Å². The topological polar surface area (TPSA) is 26.3 Å². The molecular formula is C13H11ClO2S. The largest absolute Gasteiger partial charge is 0.497 e. The fourth-order valence-corrected chi connectivity index (χ4v) is 2.70. The van der Waals surface area contributed by atoms with Crippen LogP contribution in [-0.2, 0) is 0 Å². The predicted molar refractivity (Wildman–Crippen MR) is 71.3 cm³/mol. The van der Waals surface area contributed by atoms with Gasteiger partial charge >= 0.3 is 0 Å². The fraction of sp³-hybridized carbons (Fsp3) is 0.154. The monoisotopic (exact) mass is 266 g/mol. The molecule has 1 aromatic heterocycles. The first-order valence-corrected chi connectivity index (χ1v) is 6.26. The Morgan fingerprint density at radius 1 is 1.29 bits per heavy atom. The normalized spacial score (nSPS) is 10.3. The van der Waals surface area contributed by atoms with E-state index in [1.807, 2.05) is 24.3 Å². The van der Waals surface area contributed by atoms with E-state index in [0.29, 0.717) is 5.02 Å². The van der Waals surface area contributed by atoms with Crippen molar-refractivity contribution in [3.05, 3.63) is 40.2 Å². The lowest BCUT2D eigenvalue weighted by Gasteiger charge is -2.04. The Kier molecular flexibility index (Phi) is 3.50. The zero-order valence-electron chi connectivity index (χ0n) is 9.49. The summed E-state index contributed by atoms with van der Waals surface area (Å²) in [5.41, 5.74) is 0.892. The second-order valence-electron chi connectivity index (χ2n) is 3.57. The van der Waals surface area contributed by atoms with Gasteiger partial charge in [-0.2, -0.15) is 0 Å². The summed E-state index contributed by atoms with van der Waals surface area (Å²) in [4.78, 5) is 13.0. The highest BCUT2D eigenvalue weighted by Crippen LogP contribution is 2.35. The molecule has 2 nitrogen and oxygen atoms in total. The van der Waals surface area contributed by atoms with Crippen molar-refractivity contribution in [1.82, 2.24) is 0 Å². The average Bonchev–Trinajstić information content (AvgIpc) is 2.79. The maximum atomic E-state index is 11.3. The highest BCUT2D eigenvalue weighted by Gasteiger charge is 2.10. The lowest BCUT2D eigenvalue weighted by Crippen LogP contribution is -1.84. The number of carbonyl (C=O) groups excluding carboxylic acids is 1. The summed E-state index contributed by atoms with van der Waals surface area (Å²) >= 11 is 7.58. The molecule has 0 saturated heterocycles. The lowest BCUT2D eigenvalue weighted by molar-refractivity contribution is 0.102. The molecule has 0 aliphatic rings. The molecule has 1 heterocycles. The third kappa shape index (κ3) is 2.51. The number of hydrogen-bond acceptors (Lipinski definition) is 3. The molecular weight excluding hydrogens is 256 g/mol. The van der Waals surface area contributed by atoms with Crippen LogP contribution in [0, 0.1) is 0 Å². The highest BCUT2D eigenvalue weighted by atomic mass is 35.5. The molecule has 1 aromatic carbocycles. The summed E-state index contributed by atoms with van der Waals surface area (Å²) in [5.74, 6) is 0.822. The van der Waals surface area contributed by atoms with E-state index in [1.54, 1.807) is 20.1 Å². The van der Waals surface area contributed by atoms with Crippen molar-refractivity contribution in [1.29, 1.82) is 0 Å². The highest BCUT2D eigenvalue weighted by molar-refractivity contribution is 7.17. The summed E-state index contributed by atoms with van der Waals surface area (Å²) in [7, 11) is 1.61. The van der Waals surface area contributed by atoms with Gasteiger partial charge in [0.15, 0.2) is 5.78 Å². The van der Waals surface area contributed by atoms with Crippen LogP contribution >= 0.6 is 22.9 Å². The first-order valence-electron chi connectivity index (χ1n) is 5.06. The van der Waals surface area contributed by atoms with Crippen LogP contribution in [0.3, 0.4) is 0 Å². The summed E-state index contributed by atoms with van der Waals surface area (Å²) in [6.07, 6.45) is 0. The molecule has 4 heteroatoms. The van der Waals surface area contributed by atoms with Gasteiger partial charge in [-0.05, 0) is 37.3 Å². The third-order valence-corrected chi connectivity index (χ3v) is 3.94. The van der Waals surface area contributed by atoms with Crippen molar-refractivity contribution in [2.24, 2.45) is 0 Å². The van der Waals surface area contributed by atoms with Crippen molar-refractivity contribution in [3.8, 4) is 16.2 Å². The minimum absolute atomic E-state index is 0.0697. The van der Waals surface area contributed by atoms with Crippen molar-refractivity contribution in [3.63, 3.8) is 0 Å². The summed E-state index contributed by atoms with van der Waals surface area (Å²) < 4.78 is 5.16. The van der Waals surface area contributed by atoms with E-state index in [4.69, 9.17) is 16.3 Å². The smallest absolute Gasteiger partial charge is 0.169 e. The molecule has 0 radical (unpaired) electrons. The Morgan fingerprint density at radius 3 is 2.65 bits per heavy atom. The Hall–Kier alpha value is -1.32. The number of ketones is 1. The van der Waals surface area contributed by atoms with E-state index >= 15 is 0 Å². The van der Waals surface area contributed by atoms with Gasteiger partial charge in [0, 0.05) is 15.5 Å². The van der Waals surface area contributed by atoms with Crippen molar-refractivity contribution in [2.75, 3.05) is 7.11 Å². The molecule has 88 valence electrons. The van der Waals surface area contributed by atoms with Gasteiger partial charge < -0.3 is 4.74 Å². The van der Waals surface area contributed by atoms with Crippen molar-refractivity contribution < 1.29 is 9.53 Å². The van der Waals surface area contributed by atoms with E-state index in [0.717, 1.165) is 21.1 Å². The van der Waals surface area contributed by atoms with Crippen LogP contribution in [0.15, 0.2) is 30.3 Å². The summed E-state index contributed by atoms with van der Waals surface area (Å²) in [5, 5.41) is 0.655. The standard InChI is InChI=1S/C13H11ClO2S/c1-8(15)12-5-6-13(17-12)10-7-9(16-2)3-4-11(10)14/h3-7H,1-2H3. The van der Waals surface area contributed by atoms with Crippen LogP contribution in [0.2, 0.25) is 5.02 Å². The van der Waals surface area contributed by atoms with Gasteiger partial charge in [0.2, 0.25) is 0 Å². The molecule has 0 aliphatic carbocycles. The van der Waals surface area contributed by atoms with Crippen LogP contribution in [0.4, 0.5) is 0 Å². The predicted octanol–water partition coefficient (Wildman–Crippen LogP) is 4.28. The molecule has 2 aromatic rings. The molecule has 0 atom stereocenters.